The first-order chi connectivity index (χ1) is 27.1. The van der Waals surface area contributed by atoms with Crippen molar-refractivity contribution in [3.05, 3.63) is 156 Å². The SMILES string of the molecule is CC(=O)C=C(C)O.CCCCCCCCCCc1cnc(-c2[c-]ccc(-c3cc(C)c(-c4cc(-c5ccccc5)c(C)c(-c5ccccc5)c4)cc3C)c2)nc1.[Ir]. The van der Waals surface area contributed by atoms with E-state index in [-0.39, 0.29) is 31.6 Å². The minimum atomic E-state index is -0.125. The fraction of sp³-hybridized carbons (Fsp3) is 0.288. The molecule has 0 spiro atoms. The number of allylic oxidation sites excluding steroid dienone is 2. The van der Waals surface area contributed by atoms with Gasteiger partial charge in [0.1, 0.15) is 0 Å². The van der Waals surface area contributed by atoms with Crippen LogP contribution >= 0.6 is 0 Å². The molecule has 0 amide bonds. The number of aryl methyl sites for hydroxylation is 3. The van der Waals surface area contributed by atoms with Crippen LogP contribution in [0.2, 0.25) is 0 Å². The van der Waals surface area contributed by atoms with Crippen LogP contribution < -0.4 is 0 Å². The van der Waals surface area contributed by atoms with Gasteiger partial charge in [0, 0.05) is 38.6 Å². The Labute approximate surface area is 354 Å². The molecule has 0 aliphatic heterocycles. The van der Waals surface area contributed by atoms with Crippen LogP contribution in [0, 0.1) is 26.8 Å². The summed E-state index contributed by atoms with van der Waals surface area (Å²) in [7, 11) is 0. The Hall–Kier alpha value is -4.96. The van der Waals surface area contributed by atoms with Crippen molar-refractivity contribution in [2.75, 3.05) is 0 Å². The second-order valence-corrected chi connectivity index (χ2v) is 14.9. The average molecular weight is 934 g/mol. The van der Waals surface area contributed by atoms with E-state index < -0.39 is 0 Å². The van der Waals surface area contributed by atoms with Crippen LogP contribution in [-0.2, 0) is 31.3 Å². The molecule has 0 bridgehead atoms. The standard InChI is InChI=1S/C47H49N2.C5H8O2.Ir/c1-5-6-7-8-9-10-11-14-20-37-32-48-47(49-33-37)41-26-19-25-40(29-41)43-27-35(3)44(28-34(43)2)42-30-45(38-21-15-12-16-22-38)36(4)46(31-42)39-23-17-13-18-24-39;1-4(6)3-5(2)7;/h12-13,15-19,21-25,27-33H,5-11,14,20H2,1-4H3;3,6H,1-2H3;/q-1;;. The van der Waals surface area contributed by atoms with Crippen LogP contribution in [0.1, 0.15) is 94.4 Å². The molecule has 1 heterocycles. The van der Waals surface area contributed by atoms with Crippen LogP contribution in [0.4, 0.5) is 0 Å². The second-order valence-electron chi connectivity index (χ2n) is 14.9. The van der Waals surface area contributed by atoms with Gasteiger partial charge in [0.05, 0.1) is 11.6 Å². The third-order valence-corrected chi connectivity index (χ3v) is 10.2. The number of rotatable bonds is 15. The number of benzene rings is 5. The van der Waals surface area contributed by atoms with E-state index in [0.29, 0.717) is 0 Å². The molecule has 6 rings (SSSR count). The van der Waals surface area contributed by atoms with Crippen LogP contribution in [0.15, 0.2) is 127 Å². The normalized spacial score (nSPS) is 11.0. The third kappa shape index (κ3) is 13.0. The van der Waals surface area contributed by atoms with E-state index >= 15 is 0 Å². The fourth-order valence-corrected chi connectivity index (χ4v) is 7.29. The quantitative estimate of drug-likeness (QED) is 0.0482. The summed E-state index contributed by atoms with van der Waals surface area (Å²) in [6, 6.07) is 40.6. The number of aromatic nitrogens is 2. The number of ketones is 1. The molecule has 0 saturated carbocycles. The van der Waals surface area contributed by atoms with Crippen LogP contribution in [0.3, 0.4) is 0 Å². The van der Waals surface area contributed by atoms with E-state index in [9.17, 15) is 4.79 Å². The van der Waals surface area contributed by atoms with Gasteiger partial charge in [-0.05, 0) is 121 Å². The van der Waals surface area contributed by atoms with Gasteiger partial charge < -0.3 is 5.11 Å². The largest absolute Gasteiger partial charge is 0.512 e. The minimum Gasteiger partial charge on any atom is -0.512 e. The van der Waals surface area contributed by atoms with Crippen molar-refractivity contribution in [1.82, 2.24) is 9.97 Å². The van der Waals surface area contributed by atoms with Gasteiger partial charge in [-0.3, -0.25) is 14.8 Å². The number of hydrogen-bond donors (Lipinski definition) is 1. The monoisotopic (exact) mass is 934 g/mol. The average Bonchev–Trinajstić information content (AvgIpc) is 3.20. The Balaban J connectivity index is 0.000000824. The molecule has 0 aliphatic carbocycles. The first-order valence-electron chi connectivity index (χ1n) is 20.2. The molecule has 5 aromatic carbocycles. The van der Waals surface area contributed by atoms with E-state index in [1.165, 1.54) is 132 Å². The minimum absolute atomic E-state index is 0. The Bertz CT molecular complexity index is 2150. The molecule has 0 aliphatic rings. The van der Waals surface area contributed by atoms with Crippen molar-refractivity contribution in [2.45, 2.75) is 99.3 Å². The molecule has 1 aromatic heterocycles. The molecule has 0 fully saturated rings. The summed E-state index contributed by atoms with van der Waals surface area (Å²) in [5, 5.41) is 8.36. The van der Waals surface area contributed by atoms with E-state index in [2.05, 4.69) is 131 Å². The summed E-state index contributed by atoms with van der Waals surface area (Å²) in [6.45, 7) is 11.8. The summed E-state index contributed by atoms with van der Waals surface area (Å²) >= 11 is 0. The smallest absolute Gasteiger partial charge is 0.155 e. The van der Waals surface area contributed by atoms with Gasteiger partial charge in [0.2, 0.25) is 0 Å². The molecule has 0 atom stereocenters. The van der Waals surface area contributed by atoms with Crippen molar-refractivity contribution in [3.8, 4) is 55.9 Å². The molecule has 5 heteroatoms. The summed E-state index contributed by atoms with van der Waals surface area (Å²) < 4.78 is 0. The number of hydrogen-bond acceptors (Lipinski definition) is 4. The predicted molar refractivity (Wildman–Crippen MR) is 236 cm³/mol. The van der Waals surface area contributed by atoms with Gasteiger partial charge in [-0.2, -0.15) is 0 Å². The van der Waals surface area contributed by atoms with Crippen LogP contribution in [0.5, 0.6) is 0 Å². The molecule has 297 valence electrons. The number of carbonyl (C=O) groups excluding carboxylic acids is 1. The molecule has 1 radical (unpaired) electrons. The number of unbranched alkanes of at least 4 members (excludes halogenated alkanes) is 7. The molecule has 0 saturated heterocycles. The number of nitrogens with zero attached hydrogens (tertiary/aromatic N) is 2. The summed E-state index contributed by atoms with van der Waals surface area (Å²) in [5.74, 6) is 0.668. The Morgan fingerprint density at radius 2 is 1.14 bits per heavy atom. The maximum absolute atomic E-state index is 10.0. The molecular weight excluding hydrogens is 877 g/mol. The zero-order valence-corrected chi connectivity index (χ0v) is 36.9. The topological polar surface area (TPSA) is 63.1 Å². The Morgan fingerprint density at radius 1 is 0.632 bits per heavy atom. The molecule has 0 unspecified atom stereocenters. The molecule has 57 heavy (non-hydrogen) atoms. The molecule has 6 aromatic rings. The van der Waals surface area contributed by atoms with Gasteiger partial charge in [-0.1, -0.05) is 125 Å². The van der Waals surface area contributed by atoms with Gasteiger partial charge in [-0.15, -0.1) is 35.4 Å². The van der Waals surface area contributed by atoms with Crippen molar-refractivity contribution in [3.63, 3.8) is 0 Å². The van der Waals surface area contributed by atoms with E-state index in [4.69, 9.17) is 15.1 Å². The van der Waals surface area contributed by atoms with Crippen molar-refractivity contribution < 1.29 is 30.0 Å². The molecular formula is C52H57IrN2O2-. The number of aliphatic hydroxyl groups is 1. The first-order valence-corrected chi connectivity index (χ1v) is 20.2. The van der Waals surface area contributed by atoms with Crippen LogP contribution in [0.25, 0.3) is 55.9 Å². The van der Waals surface area contributed by atoms with Crippen molar-refractivity contribution >= 4 is 5.78 Å². The Kier molecular flexibility index (Phi) is 17.8. The van der Waals surface area contributed by atoms with E-state index in [0.717, 1.165) is 23.4 Å². The zero-order chi connectivity index (χ0) is 39.9. The van der Waals surface area contributed by atoms with Gasteiger partial charge in [-0.25, -0.2) is 0 Å². The van der Waals surface area contributed by atoms with Crippen LogP contribution in [-0.4, -0.2) is 20.9 Å². The van der Waals surface area contributed by atoms with Crippen molar-refractivity contribution in [1.29, 1.82) is 0 Å². The maximum Gasteiger partial charge on any atom is 0.155 e. The van der Waals surface area contributed by atoms with Gasteiger partial charge in [0.25, 0.3) is 0 Å². The number of aliphatic hydroxyl groups excluding tert-OH is 1. The van der Waals surface area contributed by atoms with Gasteiger partial charge >= 0.3 is 0 Å². The summed E-state index contributed by atoms with van der Waals surface area (Å²) in [4.78, 5) is 19.5. The summed E-state index contributed by atoms with van der Waals surface area (Å²) in [5.41, 5.74) is 15.8. The van der Waals surface area contributed by atoms with E-state index in [1.807, 2.05) is 18.5 Å². The number of carbonyl (C=O) groups is 1. The second kappa shape index (κ2) is 22.7. The molecule has 1 N–H and O–H groups in total. The fourth-order valence-electron chi connectivity index (χ4n) is 7.29. The zero-order valence-electron chi connectivity index (χ0n) is 34.5. The first kappa shape index (κ1) is 44.8. The molecule has 4 nitrogen and oxygen atoms in total. The van der Waals surface area contributed by atoms with E-state index in [1.54, 1.807) is 0 Å². The van der Waals surface area contributed by atoms with Gasteiger partial charge in [0.15, 0.2) is 5.78 Å². The van der Waals surface area contributed by atoms with Crippen molar-refractivity contribution in [2.24, 2.45) is 0 Å². The summed E-state index contributed by atoms with van der Waals surface area (Å²) in [6.07, 6.45) is 16.8. The predicted octanol–water partition coefficient (Wildman–Crippen LogP) is 14.3. The third-order valence-electron chi connectivity index (χ3n) is 10.2. The maximum atomic E-state index is 10.0. The Morgan fingerprint density at radius 3 is 1.63 bits per heavy atom.